The fourth-order valence-electron chi connectivity index (χ4n) is 1.78. The van der Waals surface area contributed by atoms with Crippen molar-refractivity contribution in [3.05, 3.63) is 30.1 Å². The second-order valence-electron chi connectivity index (χ2n) is 4.02. The summed E-state index contributed by atoms with van der Waals surface area (Å²) in [6, 6.07) is 5.58. The van der Waals surface area contributed by atoms with Crippen molar-refractivity contribution in [3.63, 3.8) is 0 Å². The molecule has 0 saturated carbocycles. The highest BCUT2D eigenvalue weighted by Gasteiger charge is 2.14. The van der Waals surface area contributed by atoms with Gasteiger partial charge >= 0.3 is 0 Å². The number of para-hydroxylation sites is 1. The lowest BCUT2D eigenvalue weighted by Crippen LogP contribution is -2.04. The number of hydrogen-bond acceptors (Lipinski definition) is 4. The number of benzene rings is 1. The molecule has 1 atom stereocenters. The van der Waals surface area contributed by atoms with E-state index in [1.165, 1.54) is 0 Å². The van der Waals surface area contributed by atoms with E-state index in [4.69, 9.17) is 15.2 Å². The maximum absolute atomic E-state index is 5.80. The fourth-order valence-corrected chi connectivity index (χ4v) is 1.78. The van der Waals surface area contributed by atoms with Crippen LogP contribution in [-0.2, 0) is 0 Å². The van der Waals surface area contributed by atoms with E-state index in [2.05, 4.69) is 9.97 Å². The standard InChI is InChI=1S/C13H17N3O2/c1-8(14)10-7-15-13(16-10)9-5-4-6-11(17-2)12(9)18-3/h4-8H,14H2,1-3H3,(H,15,16). The number of H-pyrrole nitrogens is 1. The van der Waals surface area contributed by atoms with Crippen LogP contribution in [0.2, 0.25) is 0 Å². The second-order valence-corrected chi connectivity index (χ2v) is 4.02. The molecule has 18 heavy (non-hydrogen) atoms. The molecule has 1 unspecified atom stereocenters. The minimum absolute atomic E-state index is 0.0807. The minimum atomic E-state index is -0.0807. The Morgan fingerprint density at radius 2 is 2.06 bits per heavy atom. The van der Waals surface area contributed by atoms with Gasteiger partial charge in [0, 0.05) is 6.04 Å². The van der Waals surface area contributed by atoms with Crippen LogP contribution >= 0.6 is 0 Å². The molecule has 96 valence electrons. The highest BCUT2D eigenvalue weighted by atomic mass is 16.5. The van der Waals surface area contributed by atoms with Gasteiger partial charge in [0.05, 0.1) is 31.7 Å². The molecule has 2 rings (SSSR count). The molecule has 1 heterocycles. The van der Waals surface area contributed by atoms with Crippen LogP contribution in [0.3, 0.4) is 0 Å². The van der Waals surface area contributed by atoms with Crippen LogP contribution in [0.1, 0.15) is 18.7 Å². The van der Waals surface area contributed by atoms with E-state index in [-0.39, 0.29) is 6.04 Å². The lowest BCUT2D eigenvalue weighted by atomic mass is 10.1. The first-order valence-electron chi connectivity index (χ1n) is 5.69. The first-order chi connectivity index (χ1) is 8.67. The van der Waals surface area contributed by atoms with Gasteiger partial charge in [0.25, 0.3) is 0 Å². The number of nitrogens with two attached hydrogens (primary N) is 1. The van der Waals surface area contributed by atoms with Gasteiger partial charge in [-0.1, -0.05) is 6.07 Å². The smallest absolute Gasteiger partial charge is 0.171 e. The quantitative estimate of drug-likeness (QED) is 0.867. The van der Waals surface area contributed by atoms with Gasteiger partial charge in [-0.25, -0.2) is 4.98 Å². The highest BCUT2D eigenvalue weighted by molar-refractivity contribution is 5.68. The molecule has 5 nitrogen and oxygen atoms in total. The van der Waals surface area contributed by atoms with E-state index in [9.17, 15) is 0 Å². The van der Waals surface area contributed by atoms with Crippen LogP contribution in [0.25, 0.3) is 11.4 Å². The first kappa shape index (κ1) is 12.4. The van der Waals surface area contributed by atoms with Gasteiger partial charge in [-0.3, -0.25) is 0 Å². The summed E-state index contributed by atoms with van der Waals surface area (Å²) in [6.45, 7) is 1.90. The number of aromatic nitrogens is 2. The van der Waals surface area contributed by atoms with Gasteiger partial charge in [0.15, 0.2) is 11.5 Å². The fraction of sp³-hybridized carbons (Fsp3) is 0.308. The third-order valence-electron chi connectivity index (χ3n) is 2.74. The number of nitrogens with one attached hydrogen (secondary N) is 1. The Morgan fingerprint density at radius 3 is 2.61 bits per heavy atom. The van der Waals surface area contributed by atoms with Gasteiger partial charge in [-0.15, -0.1) is 0 Å². The topological polar surface area (TPSA) is 73.2 Å². The molecule has 1 aromatic heterocycles. The second kappa shape index (κ2) is 5.10. The van der Waals surface area contributed by atoms with Crippen molar-refractivity contribution in [2.75, 3.05) is 14.2 Å². The zero-order chi connectivity index (χ0) is 13.1. The predicted octanol–water partition coefficient (Wildman–Crippen LogP) is 2.11. The van der Waals surface area contributed by atoms with Crippen molar-refractivity contribution >= 4 is 0 Å². The summed E-state index contributed by atoms with van der Waals surface area (Å²) >= 11 is 0. The summed E-state index contributed by atoms with van der Waals surface area (Å²) in [5, 5.41) is 0. The number of aromatic amines is 1. The number of nitrogens with zero attached hydrogens (tertiary/aromatic N) is 1. The van der Waals surface area contributed by atoms with E-state index in [1.807, 2.05) is 25.1 Å². The van der Waals surface area contributed by atoms with Crippen LogP contribution in [0.4, 0.5) is 0 Å². The van der Waals surface area contributed by atoms with Crippen LogP contribution in [0.5, 0.6) is 11.5 Å². The number of hydrogen-bond donors (Lipinski definition) is 2. The zero-order valence-electron chi connectivity index (χ0n) is 10.7. The normalized spacial score (nSPS) is 12.2. The van der Waals surface area contributed by atoms with Crippen molar-refractivity contribution < 1.29 is 9.47 Å². The molecule has 2 aromatic rings. The van der Waals surface area contributed by atoms with Crippen LogP contribution in [0, 0.1) is 0 Å². The van der Waals surface area contributed by atoms with Crippen molar-refractivity contribution in [3.8, 4) is 22.9 Å². The Kier molecular flexibility index (Phi) is 3.53. The van der Waals surface area contributed by atoms with E-state index < -0.39 is 0 Å². The SMILES string of the molecule is COc1cccc(-c2ncc(C(C)N)[nH]2)c1OC. The lowest BCUT2D eigenvalue weighted by Gasteiger charge is -2.10. The average molecular weight is 247 g/mol. The number of imidazole rings is 1. The molecule has 0 bridgehead atoms. The molecule has 0 radical (unpaired) electrons. The Morgan fingerprint density at radius 1 is 1.28 bits per heavy atom. The van der Waals surface area contributed by atoms with Crippen molar-refractivity contribution in [2.24, 2.45) is 5.73 Å². The first-order valence-corrected chi connectivity index (χ1v) is 5.69. The van der Waals surface area contributed by atoms with Crippen LogP contribution in [-0.4, -0.2) is 24.2 Å². The van der Waals surface area contributed by atoms with E-state index in [1.54, 1.807) is 20.4 Å². The Labute approximate surface area is 106 Å². The van der Waals surface area contributed by atoms with Crippen molar-refractivity contribution in [1.29, 1.82) is 0 Å². The van der Waals surface area contributed by atoms with Crippen LogP contribution in [0.15, 0.2) is 24.4 Å². The summed E-state index contributed by atoms with van der Waals surface area (Å²) in [7, 11) is 3.22. The number of methoxy groups -OCH3 is 2. The summed E-state index contributed by atoms with van der Waals surface area (Å²) < 4.78 is 10.6. The molecule has 0 amide bonds. The molecule has 0 aliphatic heterocycles. The van der Waals surface area contributed by atoms with Gasteiger partial charge < -0.3 is 20.2 Å². The minimum Gasteiger partial charge on any atom is -0.493 e. The van der Waals surface area contributed by atoms with E-state index >= 15 is 0 Å². The third kappa shape index (κ3) is 2.17. The monoisotopic (exact) mass is 247 g/mol. The molecule has 0 spiro atoms. The lowest BCUT2D eigenvalue weighted by molar-refractivity contribution is 0.356. The summed E-state index contributed by atoms with van der Waals surface area (Å²) in [5.41, 5.74) is 7.54. The summed E-state index contributed by atoms with van der Waals surface area (Å²) in [4.78, 5) is 7.50. The molecular formula is C13H17N3O2. The number of ether oxygens (including phenoxy) is 2. The van der Waals surface area contributed by atoms with Gasteiger partial charge in [-0.05, 0) is 19.1 Å². The molecule has 1 aromatic carbocycles. The average Bonchev–Trinajstić information content (AvgIpc) is 2.87. The molecular weight excluding hydrogens is 230 g/mol. The Balaban J connectivity index is 2.49. The molecule has 0 aliphatic carbocycles. The summed E-state index contributed by atoms with van der Waals surface area (Å²) in [5.74, 6) is 2.05. The highest BCUT2D eigenvalue weighted by Crippen LogP contribution is 2.36. The molecule has 0 fully saturated rings. The molecule has 3 N–H and O–H groups in total. The van der Waals surface area contributed by atoms with Crippen molar-refractivity contribution in [1.82, 2.24) is 9.97 Å². The maximum atomic E-state index is 5.80. The summed E-state index contributed by atoms with van der Waals surface area (Å²) in [6.07, 6.45) is 1.74. The maximum Gasteiger partial charge on any atom is 0.171 e. The Bertz CT molecular complexity index is 535. The Hall–Kier alpha value is -2.01. The van der Waals surface area contributed by atoms with Gasteiger partial charge in [-0.2, -0.15) is 0 Å². The number of rotatable bonds is 4. The van der Waals surface area contributed by atoms with E-state index in [0.29, 0.717) is 11.5 Å². The zero-order valence-corrected chi connectivity index (χ0v) is 10.7. The van der Waals surface area contributed by atoms with Gasteiger partial charge in [0.1, 0.15) is 5.82 Å². The molecule has 5 heteroatoms. The van der Waals surface area contributed by atoms with Crippen molar-refractivity contribution in [2.45, 2.75) is 13.0 Å². The van der Waals surface area contributed by atoms with E-state index in [0.717, 1.165) is 17.1 Å². The predicted molar refractivity (Wildman–Crippen MR) is 69.7 cm³/mol. The third-order valence-corrected chi connectivity index (χ3v) is 2.74. The van der Waals surface area contributed by atoms with Gasteiger partial charge in [0.2, 0.25) is 0 Å². The van der Waals surface area contributed by atoms with Crippen LogP contribution < -0.4 is 15.2 Å². The molecule has 0 saturated heterocycles. The largest absolute Gasteiger partial charge is 0.493 e. The molecule has 0 aliphatic rings.